The van der Waals surface area contributed by atoms with Crippen LogP contribution in [0.3, 0.4) is 0 Å². The number of nitrogens with zero attached hydrogens (tertiary/aromatic N) is 1. The van der Waals surface area contributed by atoms with E-state index in [0.29, 0.717) is 10.9 Å². The largest absolute Gasteiger partial charge is 0.368 e. The van der Waals surface area contributed by atoms with E-state index in [2.05, 4.69) is 4.98 Å². The number of fused-ring (bicyclic) bond motifs is 1. The van der Waals surface area contributed by atoms with Crippen molar-refractivity contribution in [3.8, 4) is 0 Å². The molecule has 0 fully saturated rings. The highest BCUT2D eigenvalue weighted by Gasteiger charge is 2.23. The molecule has 3 aromatic rings. The zero-order valence-electron chi connectivity index (χ0n) is 12.2. The van der Waals surface area contributed by atoms with Crippen molar-refractivity contribution in [1.82, 2.24) is 9.55 Å². The van der Waals surface area contributed by atoms with Crippen LogP contribution >= 0.6 is 0 Å². The Morgan fingerprint density at radius 3 is 2.39 bits per heavy atom. The van der Waals surface area contributed by atoms with Crippen molar-refractivity contribution >= 4 is 16.8 Å². The van der Waals surface area contributed by atoms with Crippen LogP contribution in [0.2, 0.25) is 0 Å². The van der Waals surface area contributed by atoms with Gasteiger partial charge in [0.25, 0.3) is 5.56 Å². The molecular formula is C17H15N3O3. The van der Waals surface area contributed by atoms with E-state index < -0.39 is 23.2 Å². The number of para-hydroxylation sites is 1. The fourth-order valence-corrected chi connectivity index (χ4v) is 2.62. The summed E-state index contributed by atoms with van der Waals surface area (Å²) in [6, 6.07) is 14.7. The third kappa shape index (κ3) is 2.78. The fraction of sp³-hybridized carbons (Fsp3) is 0.118. The summed E-state index contributed by atoms with van der Waals surface area (Å²) in [5, 5.41) is 0.339. The molecule has 1 unspecified atom stereocenters. The molecule has 1 amide bonds. The van der Waals surface area contributed by atoms with Gasteiger partial charge in [0, 0.05) is 6.42 Å². The van der Waals surface area contributed by atoms with E-state index in [1.54, 1.807) is 24.3 Å². The number of H-pyrrole nitrogens is 1. The number of hydrogen-bond acceptors (Lipinski definition) is 3. The van der Waals surface area contributed by atoms with Gasteiger partial charge in [-0.15, -0.1) is 0 Å². The molecule has 0 aliphatic carbocycles. The Kier molecular flexibility index (Phi) is 3.80. The second-order valence-corrected chi connectivity index (χ2v) is 5.26. The van der Waals surface area contributed by atoms with Gasteiger partial charge in [-0.2, -0.15) is 0 Å². The minimum atomic E-state index is -1.04. The molecule has 116 valence electrons. The lowest BCUT2D eigenvalue weighted by molar-refractivity contribution is -0.121. The van der Waals surface area contributed by atoms with Gasteiger partial charge in [-0.1, -0.05) is 42.5 Å². The summed E-state index contributed by atoms with van der Waals surface area (Å²) in [7, 11) is 0. The minimum Gasteiger partial charge on any atom is -0.368 e. The molecule has 0 radical (unpaired) electrons. The average molecular weight is 309 g/mol. The Labute approximate surface area is 131 Å². The van der Waals surface area contributed by atoms with Crippen molar-refractivity contribution in [1.29, 1.82) is 0 Å². The van der Waals surface area contributed by atoms with Gasteiger partial charge < -0.3 is 10.7 Å². The second kappa shape index (κ2) is 5.92. The van der Waals surface area contributed by atoms with Crippen molar-refractivity contribution in [3.63, 3.8) is 0 Å². The maximum Gasteiger partial charge on any atom is 0.329 e. The molecule has 1 aromatic heterocycles. The van der Waals surface area contributed by atoms with E-state index >= 15 is 0 Å². The molecule has 0 aliphatic rings. The molecule has 2 aromatic carbocycles. The lowest BCUT2D eigenvalue weighted by atomic mass is 10.1. The van der Waals surface area contributed by atoms with Gasteiger partial charge in [-0.05, 0) is 17.7 Å². The smallest absolute Gasteiger partial charge is 0.329 e. The molecular weight excluding hydrogens is 294 g/mol. The summed E-state index contributed by atoms with van der Waals surface area (Å²) < 4.78 is 0.900. The van der Waals surface area contributed by atoms with Gasteiger partial charge in [0.15, 0.2) is 0 Å². The van der Waals surface area contributed by atoms with E-state index in [9.17, 15) is 14.4 Å². The van der Waals surface area contributed by atoms with Crippen molar-refractivity contribution in [3.05, 3.63) is 81.0 Å². The summed E-state index contributed by atoms with van der Waals surface area (Å²) >= 11 is 0. The van der Waals surface area contributed by atoms with Crippen LogP contribution < -0.4 is 17.0 Å². The summed E-state index contributed by atoms with van der Waals surface area (Å²) in [6.07, 6.45) is 0.178. The Hall–Kier alpha value is -3.15. The molecule has 3 rings (SSSR count). The molecule has 1 heterocycles. The average Bonchev–Trinajstić information content (AvgIpc) is 2.54. The first kappa shape index (κ1) is 14.8. The zero-order valence-corrected chi connectivity index (χ0v) is 12.2. The second-order valence-electron chi connectivity index (χ2n) is 5.26. The van der Waals surface area contributed by atoms with Gasteiger partial charge in [-0.3, -0.25) is 9.59 Å². The van der Waals surface area contributed by atoms with Crippen molar-refractivity contribution in [2.45, 2.75) is 12.5 Å². The van der Waals surface area contributed by atoms with Crippen LogP contribution in [0.1, 0.15) is 11.6 Å². The molecule has 1 atom stereocenters. The predicted octanol–water partition coefficient (Wildman–Crippen LogP) is 0.959. The molecule has 3 N–H and O–H groups in total. The molecule has 23 heavy (non-hydrogen) atoms. The Balaban J connectivity index is 2.17. The topological polar surface area (TPSA) is 97.9 Å². The first-order valence-corrected chi connectivity index (χ1v) is 7.14. The number of rotatable bonds is 4. The van der Waals surface area contributed by atoms with Crippen molar-refractivity contribution < 1.29 is 4.79 Å². The van der Waals surface area contributed by atoms with E-state index in [1.165, 1.54) is 0 Å². The maximum atomic E-state index is 12.6. The lowest BCUT2D eigenvalue weighted by Crippen LogP contribution is -2.43. The summed E-state index contributed by atoms with van der Waals surface area (Å²) in [6.45, 7) is 0. The molecule has 0 spiro atoms. The monoisotopic (exact) mass is 309 g/mol. The van der Waals surface area contributed by atoms with Crippen molar-refractivity contribution in [2.75, 3.05) is 0 Å². The molecule has 6 heteroatoms. The molecule has 0 saturated carbocycles. The predicted molar refractivity (Wildman–Crippen MR) is 87.2 cm³/mol. The fourth-order valence-electron chi connectivity index (χ4n) is 2.62. The number of nitrogens with two attached hydrogens (primary N) is 1. The van der Waals surface area contributed by atoms with Gasteiger partial charge in [-0.25, -0.2) is 9.36 Å². The molecule has 0 bridgehead atoms. The molecule has 0 aliphatic heterocycles. The van der Waals surface area contributed by atoms with Crippen LogP contribution in [-0.4, -0.2) is 15.5 Å². The van der Waals surface area contributed by atoms with Crippen molar-refractivity contribution in [2.24, 2.45) is 5.73 Å². The summed E-state index contributed by atoms with van der Waals surface area (Å²) in [5.74, 6) is -0.725. The zero-order chi connectivity index (χ0) is 16.4. The van der Waals surface area contributed by atoms with Crippen LogP contribution in [-0.2, 0) is 11.2 Å². The number of aromatic nitrogens is 2. The first-order valence-electron chi connectivity index (χ1n) is 7.14. The van der Waals surface area contributed by atoms with Crippen LogP contribution in [0.5, 0.6) is 0 Å². The quantitative estimate of drug-likeness (QED) is 0.751. The van der Waals surface area contributed by atoms with E-state index in [4.69, 9.17) is 5.73 Å². The number of primary amides is 1. The van der Waals surface area contributed by atoms with Gasteiger partial charge in [0.05, 0.1) is 10.9 Å². The Morgan fingerprint density at radius 2 is 1.70 bits per heavy atom. The highest BCUT2D eigenvalue weighted by molar-refractivity contribution is 5.80. The van der Waals surface area contributed by atoms with Crippen LogP contribution in [0.4, 0.5) is 0 Å². The SMILES string of the molecule is NC(=O)C(Cc1ccccc1)n1c(=O)[nH]c2ccccc2c1=O. The lowest BCUT2D eigenvalue weighted by Gasteiger charge is -2.16. The van der Waals surface area contributed by atoms with Gasteiger partial charge in [0.2, 0.25) is 5.91 Å². The number of carbonyl (C=O) groups excluding carboxylic acids is 1. The van der Waals surface area contributed by atoms with E-state index in [1.807, 2.05) is 30.3 Å². The minimum absolute atomic E-state index is 0.178. The molecule has 6 nitrogen and oxygen atoms in total. The van der Waals surface area contributed by atoms with Gasteiger partial charge >= 0.3 is 5.69 Å². The van der Waals surface area contributed by atoms with E-state index in [-0.39, 0.29) is 6.42 Å². The normalized spacial score (nSPS) is 12.2. The third-order valence-electron chi connectivity index (χ3n) is 3.75. The number of carbonyl (C=O) groups is 1. The third-order valence-corrected chi connectivity index (χ3v) is 3.75. The highest BCUT2D eigenvalue weighted by Crippen LogP contribution is 2.12. The number of aromatic amines is 1. The van der Waals surface area contributed by atoms with Crippen LogP contribution in [0.15, 0.2) is 64.2 Å². The van der Waals surface area contributed by atoms with Crippen LogP contribution in [0, 0.1) is 0 Å². The number of nitrogens with one attached hydrogen (secondary N) is 1. The molecule has 0 saturated heterocycles. The standard InChI is InChI=1S/C17H15N3O3/c18-15(21)14(10-11-6-2-1-3-7-11)20-16(22)12-8-4-5-9-13(12)19-17(20)23/h1-9,14H,10H2,(H2,18,21)(H,19,23). The van der Waals surface area contributed by atoms with E-state index in [0.717, 1.165) is 10.1 Å². The Bertz CT molecular complexity index is 974. The number of hydrogen-bond donors (Lipinski definition) is 2. The Morgan fingerprint density at radius 1 is 1.04 bits per heavy atom. The van der Waals surface area contributed by atoms with Gasteiger partial charge in [0.1, 0.15) is 6.04 Å². The number of benzene rings is 2. The van der Waals surface area contributed by atoms with Crippen LogP contribution in [0.25, 0.3) is 10.9 Å². The summed E-state index contributed by atoms with van der Waals surface area (Å²) in [4.78, 5) is 39.4. The first-order chi connectivity index (χ1) is 11.1. The summed E-state index contributed by atoms with van der Waals surface area (Å²) in [5.41, 5.74) is 5.53. The maximum absolute atomic E-state index is 12.6. The highest BCUT2D eigenvalue weighted by atomic mass is 16.2. The number of amides is 1.